The Morgan fingerprint density at radius 2 is 0.905 bits per heavy atom. The number of esters is 5. The van der Waals surface area contributed by atoms with E-state index in [1.54, 1.807) is 38.5 Å². The van der Waals surface area contributed by atoms with Gasteiger partial charge >= 0.3 is 73.1 Å². The number of carbonyl (C=O) groups is 7. The summed E-state index contributed by atoms with van der Waals surface area (Å²) in [6.45, 7) is 6.93. The lowest BCUT2D eigenvalue weighted by Crippen LogP contribution is -2.45. The highest BCUT2D eigenvalue weighted by atomic mass is 32.3. The van der Waals surface area contributed by atoms with Crippen molar-refractivity contribution in [3.05, 3.63) is 47.3 Å². The number of rotatable bonds is 52. The van der Waals surface area contributed by atoms with E-state index in [-0.39, 0.29) is 104 Å². The summed E-state index contributed by atoms with van der Waals surface area (Å²) in [5.41, 5.74) is -12.3. The normalized spacial score (nSPS) is 13.6. The van der Waals surface area contributed by atoms with Crippen molar-refractivity contribution < 1.29 is 157 Å². The first-order valence-electron chi connectivity index (χ1n) is 33.9. The van der Waals surface area contributed by atoms with Gasteiger partial charge in [-0.05, 0) is 122 Å². The lowest BCUT2D eigenvalue weighted by molar-refractivity contribution is -0.162. The number of cyclic esters (lactones) is 1. The van der Waals surface area contributed by atoms with E-state index in [2.05, 4.69) is 26.0 Å². The second-order valence-corrected chi connectivity index (χ2v) is 26.5. The Balaban J connectivity index is 0.00000165. The van der Waals surface area contributed by atoms with Crippen LogP contribution in [0, 0.1) is 0 Å². The molecule has 0 spiro atoms. The SMILES string of the molecule is CNCCCCCNC(=O)OC(CO)COCc1ccc(COCC(O)COC(C)=O)o1.CNCCCCCNC(=O)OC(COCc1ccc(COCC(COC(C)=O)OC(=O)CCCCCOC)o1)COC(=O)CCCCCOC.O=C1CCCCCO1.O=S(=O)(NS(=O)(=O)C(F)(F)F)C(F)(F)F. The van der Waals surface area contributed by atoms with E-state index in [1.807, 2.05) is 14.1 Å². The van der Waals surface area contributed by atoms with E-state index in [0.717, 1.165) is 96.6 Å². The monoisotopic (exact) mass is 1570 g/mol. The van der Waals surface area contributed by atoms with Crippen molar-refractivity contribution in [2.24, 2.45) is 0 Å². The van der Waals surface area contributed by atoms with Crippen LogP contribution < -0.4 is 25.4 Å². The molecule has 610 valence electrons. The topological polar surface area (TPSA) is 435 Å². The van der Waals surface area contributed by atoms with Crippen LogP contribution in [0.2, 0.25) is 0 Å². The van der Waals surface area contributed by atoms with Gasteiger partial charge in [-0.1, -0.05) is 29.8 Å². The fourth-order valence-electron chi connectivity index (χ4n) is 8.06. The van der Waals surface area contributed by atoms with Crippen molar-refractivity contribution in [2.75, 3.05) is 127 Å². The van der Waals surface area contributed by atoms with Crippen LogP contribution in [0.1, 0.15) is 152 Å². The fraction of sp³-hybridized carbons (Fsp3) is 0.766. The van der Waals surface area contributed by atoms with Crippen LogP contribution in [0.15, 0.2) is 33.1 Å². The number of alkyl carbamates (subject to hydrolysis) is 2. The van der Waals surface area contributed by atoms with E-state index in [0.29, 0.717) is 75.2 Å². The molecule has 4 unspecified atom stereocenters. The minimum Gasteiger partial charge on any atom is -0.466 e. The van der Waals surface area contributed by atoms with Gasteiger partial charge in [0.1, 0.15) is 81.5 Å². The van der Waals surface area contributed by atoms with Gasteiger partial charge in [0.25, 0.3) is 0 Å². The molecule has 1 aliphatic rings. The number of aliphatic hydroxyl groups excluding tert-OH is 2. The number of halogens is 6. The molecule has 0 bridgehead atoms. The molecule has 3 heterocycles. The predicted molar refractivity (Wildman–Crippen MR) is 359 cm³/mol. The minimum atomic E-state index is -6.60. The zero-order valence-corrected chi connectivity index (χ0v) is 62.0. The number of furan rings is 2. The lowest BCUT2D eigenvalue weighted by Gasteiger charge is -2.18. The number of alkyl halides is 6. The number of sulfonamides is 2. The third kappa shape index (κ3) is 54.7. The van der Waals surface area contributed by atoms with Crippen molar-refractivity contribution in [1.82, 2.24) is 25.4 Å². The molecule has 0 radical (unpaired) electrons. The van der Waals surface area contributed by atoms with Crippen LogP contribution in [0.25, 0.3) is 0 Å². The zero-order valence-electron chi connectivity index (χ0n) is 60.4. The Labute approximate surface area is 608 Å². The zero-order chi connectivity index (χ0) is 78.8. The Kier molecular flexibility index (Phi) is 55.8. The van der Waals surface area contributed by atoms with E-state index in [4.69, 9.17) is 65.7 Å². The number of hydrogen-bond acceptors (Lipinski definition) is 30. The summed E-state index contributed by atoms with van der Waals surface area (Å²) in [5.74, 6) is 0.315. The molecule has 41 heteroatoms. The van der Waals surface area contributed by atoms with Crippen molar-refractivity contribution in [2.45, 2.75) is 191 Å². The van der Waals surface area contributed by atoms with Crippen LogP contribution in [0.5, 0.6) is 0 Å². The number of unbranched alkanes of at least 4 members (excludes halogenated alkanes) is 8. The largest absolute Gasteiger partial charge is 0.512 e. The van der Waals surface area contributed by atoms with Crippen LogP contribution in [0.4, 0.5) is 35.9 Å². The molecule has 2 aromatic heterocycles. The summed E-state index contributed by atoms with van der Waals surface area (Å²) < 4.78 is 188. The molecule has 0 aliphatic carbocycles. The lowest BCUT2D eigenvalue weighted by atomic mass is 10.2. The van der Waals surface area contributed by atoms with Gasteiger partial charge in [0.2, 0.25) is 0 Å². The van der Waals surface area contributed by atoms with Crippen LogP contribution in [0.3, 0.4) is 0 Å². The standard InChI is InChI=1S/C35H60N2O13.C21H36N2O9.C6H10O2.C2HF6NO4S2/c1-28(38)46-26-31(49-34(40)15-9-6-13-21-43-4)24-44-22-29-16-17-30(48-29)23-45-25-32(27-47-33(39)14-8-5-12-20-42-3)50-35(41)37-19-11-7-10-18-36-2;1-16(25)30-12-17(26)11-28-13-18-6-7-19(31-18)14-29-15-20(10-24)32-21(27)23-9-5-3-4-8-22-2;7-6-4-2-1-3-5-8-6;3-1(4,5)14(10,11)9-15(12,13)2(6,7)8/h16-17,31-32,36H,5-15,18-27H2,1-4H3,(H,37,41);6-7,17,20,22,24,26H,3-5,8-15H2,1-2H3,(H,23,27);1-5H2;9H. The van der Waals surface area contributed by atoms with Gasteiger partial charge in [0.05, 0.1) is 39.6 Å². The maximum atomic E-state index is 12.4. The quantitative estimate of drug-likeness (QED) is 0.0165. The maximum absolute atomic E-state index is 12.4. The van der Waals surface area contributed by atoms with E-state index >= 15 is 0 Å². The number of methoxy groups -OCH3 is 2. The van der Waals surface area contributed by atoms with Gasteiger partial charge in [-0.15, -0.1) is 0 Å². The van der Waals surface area contributed by atoms with Crippen molar-refractivity contribution in [1.29, 1.82) is 0 Å². The van der Waals surface area contributed by atoms with Gasteiger partial charge in [-0.2, -0.15) is 26.3 Å². The Hall–Kier alpha value is -6.51. The van der Waals surface area contributed by atoms with E-state index in [1.165, 1.54) is 13.8 Å². The highest BCUT2D eigenvalue weighted by Crippen LogP contribution is 2.27. The second kappa shape index (κ2) is 59.5. The molecule has 7 N–H and O–H groups in total. The maximum Gasteiger partial charge on any atom is 0.512 e. The summed E-state index contributed by atoms with van der Waals surface area (Å²) in [5, 5.41) is 30.5. The van der Waals surface area contributed by atoms with E-state index in [9.17, 15) is 87.0 Å². The molecule has 1 fully saturated rings. The number of nitrogens with one attached hydrogen (secondary N) is 5. The molecule has 2 amide bonds. The van der Waals surface area contributed by atoms with Gasteiger partial charge < -0.3 is 102 Å². The first kappa shape index (κ1) is 98.5. The molecular weight excluding hydrogens is 1460 g/mol. The van der Waals surface area contributed by atoms with Gasteiger partial charge in [-0.25, -0.2) is 26.4 Å². The molecule has 105 heavy (non-hydrogen) atoms. The van der Waals surface area contributed by atoms with Crippen molar-refractivity contribution in [3.8, 4) is 0 Å². The number of carbonyl (C=O) groups excluding carboxylic acids is 7. The average Bonchev–Trinajstić information content (AvgIpc) is 1.17. The number of hydrogen-bond donors (Lipinski definition) is 7. The van der Waals surface area contributed by atoms with Crippen molar-refractivity contribution >= 4 is 62.1 Å². The van der Waals surface area contributed by atoms with Crippen LogP contribution >= 0.6 is 0 Å². The fourth-order valence-corrected chi connectivity index (χ4v) is 9.97. The molecule has 4 atom stereocenters. The molecule has 3 rings (SSSR count). The van der Waals surface area contributed by atoms with E-state index < -0.39 is 89.7 Å². The molecular formula is C64H107F6N5O28S2. The molecule has 0 aromatic carbocycles. The minimum absolute atomic E-state index is 0.00185. The van der Waals surface area contributed by atoms with Crippen molar-refractivity contribution in [3.63, 3.8) is 0 Å². The Morgan fingerprint density at radius 1 is 0.505 bits per heavy atom. The highest BCUT2D eigenvalue weighted by molar-refractivity contribution is 8.05. The molecule has 33 nitrogen and oxygen atoms in total. The van der Waals surface area contributed by atoms with Gasteiger partial charge in [-0.3, -0.25) is 24.0 Å². The Morgan fingerprint density at radius 3 is 1.34 bits per heavy atom. The molecule has 1 aliphatic heterocycles. The van der Waals surface area contributed by atoms with Gasteiger partial charge in [0.15, 0.2) is 12.2 Å². The molecule has 1 saturated heterocycles. The van der Waals surface area contributed by atoms with Crippen LogP contribution in [-0.4, -0.2) is 232 Å². The predicted octanol–water partition coefficient (Wildman–Crippen LogP) is 6.32. The summed E-state index contributed by atoms with van der Waals surface area (Å²) >= 11 is 0. The third-order valence-electron chi connectivity index (χ3n) is 13.4. The number of amides is 2. The number of ether oxygens (including phenoxy) is 13. The summed E-state index contributed by atoms with van der Waals surface area (Å²) in [4.78, 5) is 81.2. The Bertz CT molecular complexity index is 2840. The van der Waals surface area contributed by atoms with Gasteiger partial charge in [0, 0.05) is 73.6 Å². The summed E-state index contributed by atoms with van der Waals surface area (Å²) in [6, 6.07) is 6.86. The summed E-state index contributed by atoms with van der Waals surface area (Å²) in [7, 11) is -6.13. The average molecular weight is 1570 g/mol. The smallest absolute Gasteiger partial charge is 0.466 e. The summed E-state index contributed by atoms with van der Waals surface area (Å²) in [6.07, 6.45) is 10.3. The number of aliphatic hydroxyl groups is 2. The molecule has 0 saturated carbocycles. The van der Waals surface area contributed by atoms with Crippen LogP contribution in [-0.2, 0) is 132 Å². The highest BCUT2D eigenvalue weighted by Gasteiger charge is 2.55. The third-order valence-corrected chi connectivity index (χ3v) is 16.4. The second-order valence-electron chi connectivity index (χ2n) is 22.9. The first-order valence-corrected chi connectivity index (χ1v) is 36.9. The molecule has 2 aromatic rings. The first-order chi connectivity index (χ1) is 49.8.